The zero-order valence-electron chi connectivity index (χ0n) is 20.8. The lowest BCUT2D eigenvalue weighted by atomic mass is 10.0. The summed E-state index contributed by atoms with van der Waals surface area (Å²) in [7, 11) is 0. The van der Waals surface area contributed by atoms with Gasteiger partial charge in [-0.05, 0) is 67.1 Å². The Labute approximate surface area is 229 Å². The standard InChI is InChI=1S/C28H30BrN3O6/c1-2-36-25(15-16-26(34)32-24-6-4-3-5-23(24)30)27(19-7-13-22(14-8-19)37-18-17-33)38-28(35)31-21-11-9-20(29)10-12-21/h3-16,25,27,33H,2,17-18,30H2,1H3,(H,31,35)(H,32,34)/b16-15+/t25-,27-/m1/s1. The molecule has 2 amide bonds. The number of anilines is 3. The van der Waals surface area contributed by atoms with Crippen LogP contribution < -0.4 is 21.1 Å². The van der Waals surface area contributed by atoms with E-state index >= 15 is 0 Å². The highest BCUT2D eigenvalue weighted by Crippen LogP contribution is 2.28. The molecule has 200 valence electrons. The highest BCUT2D eigenvalue weighted by Gasteiger charge is 2.26. The molecule has 0 unspecified atom stereocenters. The molecule has 0 aliphatic rings. The Morgan fingerprint density at radius 3 is 2.39 bits per heavy atom. The number of nitrogens with one attached hydrogen (secondary N) is 2. The number of ether oxygens (including phenoxy) is 3. The first kappa shape index (κ1) is 28.7. The molecular formula is C28H30BrN3O6. The number of benzene rings is 3. The van der Waals surface area contributed by atoms with Crippen molar-refractivity contribution in [1.29, 1.82) is 0 Å². The van der Waals surface area contributed by atoms with Gasteiger partial charge in [0.05, 0.1) is 18.0 Å². The van der Waals surface area contributed by atoms with Crippen molar-refractivity contribution in [3.8, 4) is 5.75 Å². The molecule has 3 rings (SSSR count). The van der Waals surface area contributed by atoms with Crippen LogP contribution in [-0.2, 0) is 14.3 Å². The zero-order valence-corrected chi connectivity index (χ0v) is 22.4. The van der Waals surface area contributed by atoms with Gasteiger partial charge in [-0.15, -0.1) is 0 Å². The fourth-order valence-corrected chi connectivity index (χ4v) is 3.71. The molecule has 9 nitrogen and oxygen atoms in total. The van der Waals surface area contributed by atoms with Crippen molar-refractivity contribution in [2.24, 2.45) is 0 Å². The lowest BCUT2D eigenvalue weighted by Gasteiger charge is -2.25. The molecule has 5 N–H and O–H groups in total. The van der Waals surface area contributed by atoms with Crippen LogP contribution in [0.5, 0.6) is 5.75 Å². The number of rotatable bonds is 12. The van der Waals surface area contributed by atoms with E-state index in [0.717, 1.165) is 4.47 Å². The molecule has 0 aromatic heterocycles. The maximum atomic E-state index is 12.8. The van der Waals surface area contributed by atoms with Gasteiger partial charge >= 0.3 is 6.09 Å². The van der Waals surface area contributed by atoms with Crippen molar-refractivity contribution in [1.82, 2.24) is 0 Å². The molecular weight excluding hydrogens is 554 g/mol. The Kier molecular flexibility index (Phi) is 11.2. The first-order valence-corrected chi connectivity index (χ1v) is 12.7. The molecule has 0 fully saturated rings. The Morgan fingerprint density at radius 2 is 1.74 bits per heavy atom. The van der Waals surface area contributed by atoms with Crippen molar-refractivity contribution < 1.29 is 28.9 Å². The average molecular weight is 584 g/mol. The third kappa shape index (κ3) is 8.91. The predicted octanol–water partition coefficient (Wildman–Crippen LogP) is 5.29. The van der Waals surface area contributed by atoms with Crippen LogP contribution in [0.2, 0.25) is 0 Å². The second-order valence-corrected chi connectivity index (χ2v) is 8.87. The smallest absolute Gasteiger partial charge is 0.412 e. The molecule has 0 aliphatic heterocycles. The molecule has 10 heteroatoms. The van der Waals surface area contributed by atoms with E-state index in [2.05, 4.69) is 26.6 Å². The number of halogens is 1. The van der Waals surface area contributed by atoms with Crippen LogP contribution in [0.25, 0.3) is 0 Å². The molecule has 0 saturated heterocycles. The van der Waals surface area contributed by atoms with Crippen LogP contribution in [0, 0.1) is 0 Å². The molecule has 0 bridgehead atoms. The minimum Gasteiger partial charge on any atom is -0.491 e. The third-order valence-electron chi connectivity index (χ3n) is 5.21. The highest BCUT2D eigenvalue weighted by atomic mass is 79.9. The maximum Gasteiger partial charge on any atom is 0.412 e. The number of hydrogen-bond donors (Lipinski definition) is 4. The molecule has 0 saturated carbocycles. The lowest BCUT2D eigenvalue weighted by molar-refractivity contribution is -0.112. The molecule has 0 heterocycles. The van der Waals surface area contributed by atoms with Crippen molar-refractivity contribution in [3.63, 3.8) is 0 Å². The van der Waals surface area contributed by atoms with Crippen LogP contribution in [0.15, 0.2) is 89.4 Å². The first-order chi connectivity index (χ1) is 18.4. The van der Waals surface area contributed by atoms with Gasteiger partial charge in [0.1, 0.15) is 18.5 Å². The minimum absolute atomic E-state index is 0.113. The number of hydrogen-bond acceptors (Lipinski definition) is 7. The Balaban J connectivity index is 1.82. The maximum absolute atomic E-state index is 12.8. The lowest BCUT2D eigenvalue weighted by Crippen LogP contribution is -2.28. The summed E-state index contributed by atoms with van der Waals surface area (Å²) in [6.45, 7) is 2.14. The van der Waals surface area contributed by atoms with Gasteiger partial charge < -0.3 is 30.4 Å². The predicted molar refractivity (Wildman–Crippen MR) is 150 cm³/mol. The van der Waals surface area contributed by atoms with Gasteiger partial charge in [-0.2, -0.15) is 0 Å². The van der Waals surface area contributed by atoms with Crippen LogP contribution in [0.4, 0.5) is 21.9 Å². The second kappa shape index (κ2) is 14.8. The highest BCUT2D eigenvalue weighted by molar-refractivity contribution is 9.10. The largest absolute Gasteiger partial charge is 0.491 e. The average Bonchev–Trinajstić information content (AvgIpc) is 2.91. The molecule has 3 aromatic carbocycles. The zero-order chi connectivity index (χ0) is 27.3. The van der Waals surface area contributed by atoms with Crippen molar-refractivity contribution in [3.05, 3.63) is 95.0 Å². The van der Waals surface area contributed by atoms with Gasteiger partial charge in [0.15, 0.2) is 6.10 Å². The number of aliphatic hydroxyl groups excluding tert-OH is 1. The number of aliphatic hydroxyl groups is 1. The van der Waals surface area contributed by atoms with Gasteiger partial charge in [0.25, 0.3) is 0 Å². The fourth-order valence-electron chi connectivity index (χ4n) is 3.44. The molecule has 0 radical (unpaired) electrons. The van der Waals surface area contributed by atoms with E-state index in [4.69, 9.17) is 25.1 Å². The van der Waals surface area contributed by atoms with E-state index in [-0.39, 0.29) is 13.2 Å². The minimum atomic E-state index is -0.900. The molecule has 3 aromatic rings. The van der Waals surface area contributed by atoms with Crippen molar-refractivity contribution >= 4 is 45.0 Å². The second-order valence-electron chi connectivity index (χ2n) is 7.95. The molecule has 0 spiro atoms. The van der Waals surface area contributed by atoms with Gasteiger partial charge in [-0.25, -0.2) is 4.79 Å². The van der Waals surface area contributed by atoms with E-state index < -0.39 is 24.2 Å². The Morgan fingerprint density at radius 1 is 1.03 bits per heavy atom. The van der Waals surface area contributed by atoms with Gasteiger partial charge in [0.2, 0.25) is 5.91 Å². The quantitative estimate of drug-likeness (QED) is 0.168. The summed E-state index contributed by atoms with van der Waals surface area (Å²) in [5, 5.41) is 14.4. The SMILES string of the molecule is CCO[C@H](/C=C/C(=O)Nc1ccccc1N)[C@H](OC(=O)Nc1ccc(Br)cc1)c1ccc(OCCO)cc1. The van der Waals surface area contributed by atoms with E-state index in [0.29, 0.717) is 35.0 Å². The van der Waals surface area contributed by atoms with E-state index in [1.807, 2.05) is 0 Å². The Bertz CT molecular complexity index is 1220. The van der Waals surface area contributed by atoms with E-state index in [1.165, 1.54) is 12.2 Å². The summed E-state index contributed by atoms with van der Waals surface area (Å²) in [6.07, 6.45) is 0.458. The number of amides is 2. The van der Waals surface area contributed by atoms with Crippen LogP contribution in [-0.4, -0.2) is 43.0 Å². The number of carbonyl (C=O) groups excluding carboxylic acids is 2. The van der Waals surface area contributed by atoms with Gasteiger partial charge in [0, 0.05) is 22.8 Å². The van der Waals surface area contributed by atoms with Crippen molar-refractivity contribution in [2.45, 2.75) is 19.1 Å². The molecule has 2 atom stereocenters. The number of carbonyl (C=O) groups is 2. The summed E-state index contributed by atoms with van der Waals surface area (Å²) in [4.78, 5) is 25.4. The summed E-state index contributed by atoms with van der Waals surface area (Å²) in [6, 6.07) is 20.8. The number of para-hydroxylation sites is 2. The Hall–Kier alpha value is -3.86. The van der Waals surface area contributed by atoms with Crippen LogP contribution in [0.3, 0.4) is 0 Å². The van der Waals surface area contributed by atoms with E-state index in [9.17, 15) is 9.59 Å². The monoisotopic (exact) mass is 583 g/mol. The molecule has 0 aliphatic carbocycles. The summed E-state index contributed by atoms with van der Waals surface area (Å²) in [5.74, 6) is 0.127. The third-order valence-corrected chi connectivity index (χ3v) is 5.74. The summed E-state index contributed by atoms with van der Waals surface area (Å²) < 4.78 is 18.0. The summed E-state index contributed by atoms with van der Waals surface area (Å²) in [5.41, 5.74) is 7.99. The number of nitrogens with two attached hydrogens (primary N) is 1. The van der Waals surface area contributed by atoms with E-state index in [1.54, 1.807) is 79.7 Å². The molecule has 38 heavy (non-hydrogen) atoms. The van der Waals surface area contributed by atoms with Gasteiger partial charge in [-0.1, -0.05) is 40.2 Å². The fraction of sp³-hybridized carbons (Fsp3) is 0.214. The normalized spacial score (nSPS) is 12.5. The van der Waals surface area contributed by atoms with Crippen LogP contribution in [0.1, 0.15) is 18.6 Å². The van der Waals surface area contributed by atoms with Gasteiger partial charge in [-0.3, -0.25) is 10.1 Å². The van der Waals surface area contributed by atoms with Crippen molar-refractivity contribution in [2.75, 3.05) is 36.2 Å². The topological polar surface area (TPSA) is 132 Å². The van der Waals surface area contributed by atoms with Crippen LogP contribution >= 0.6 is 15.9 Å². The summed E-state index contributed by atoms with van der Waals surface area (Å²) >= 11 is 3.36. The first-order valence-electron chi connectivity index (χ1n) is 11.9. The number of nitrogen functional groups attached to an aromatic ring is 1.